The molecule has 2 N–H and O–H groups in total. The Morgan fingerprint density at radius 1 is 1.06 bits per heavy atom. The second kappa shape index (κ2) is 8.19. The van der Waals surface area contributed by atoms with E-state index in [-0.39, 0.29) is 11.3 Å². The lowest BCUT2D eigenvalue weighted by molar-refractivity contribution is -0.117. The number of nitrogens with one attached hydrogen (secondary N) is 2. The van der Waals surface area contributed by atoms with Gasteiger partial charge < -0.3 is 10.6 Å². The quantitative estimate of drug-likeness (QED) is 0.293. The average Bonchev–Trinajstić information content (AvgIpc) is 3.61. The van der Waals surface area contributed by atoms with Crippen LogP contribution in [-0.4, -0.2) is 21.6 Å². The molecule has 0 unspecified atom stereocenters. The van der Waals surface area contributed by atoms with Crippen LogP contribution < -0.4 is 10.6 Å². The Balaban J connectivity index is 1.29. The number of carbonyl (C=O) groups is 1. The number of aromatic nitrogens is 2. The van der Waals surface area contributed by atoms with Crippen LogP contribution >= 0.6 is 11.8 Å². The van der Waals surface area contributed by atoms with Crippen LogP contribution in [0.1, 0.15) is 36.6 Å². The summed E-state index contributed by atoms with van der Waals surface area (Å²) in [6, 6.07) is 18.3. The Kier molecular flexibility index (Phi) is 5.00. The van der Waals surface area contributed by atoms with Crippen molar-refractivity contribution in [3.63, 3.8) is 0 Å². The lowest BCUT2D eigenvalue weighted by Crippen LogP contribution is -2.18. The third-order valence-corrected chi connectivity index (χ3v) is 7.27. The fourth-order valence-electron chi connectivity index (χ4n) is 4.44. The van der Waals surface area contributed by atoms with Crippen molar-refractivity contribution in [2.24, 2.45) is 0 Å². The van der Waals surface area contributed by atoms with Gasteiger partial charge in [-0.2, -0.15) is 0 Å². The summed E-state index contributed by atoms with van der Waals surface area (Å²) in [5.74, 6) is 8.37. The van der Waals surface area contributed by atoms with Gasteiger partial charge in [-0.3, -0.25) is 4.79 Å². The van der Waals surface area contributed by atoms with E-state index in [0.717, 1.165) is 57.7 Å². The summed E-state index contributed by atoms with van der Waals surface area (Å²) in [5.41, 5.74) is 4.25. The zero-order valence-corrected chi connectivity index (χ0v) is 19.5. The van der Waals surface area contributed by atoms with Crippen molar-refractivity contribution in [3.05, 3.63) is 83.8 Å². The van der Waals surface area contributed by atoms with Crippen LogP contribution in [-0.2, 0) is 10.2 Å². The van der Waals surface area contributed by atoms with Crippen molar-refractivity contribution in [3.8, 4) is 11.8 Å². The highest BCUT2D eigenvalue weighted by Crippen LogP contribution is 2.55. The number of pyridine rings is 2. The van der Waals surface area contributed by atoms with Crippen molar-refractivity contribution in [2.75, 3.05) is 16.4 Å². The Bertz CT molecular complexity index is 1500. The van der Waals surface area contributed by atoms with Gasteiger partial charge in [-0.1, -0.05) is 18.9 Å². The lowest BCUT2D eigenvalue weighted by atomic mass is 9.97. The highest BCUT2D eigenvalue weighted by Gasteiger charge is 2.56. The minimum atomic E-state index is -0.274. The fraction of sp³-hybridized carbons (Fsp3) is 0.179. The Hall–Kier alpha value is -3.82. The molecule has 0 saturated heterocycles. The number of amides is 1. The molecule has 4 aromatic rings. The van der Waals surface area contributed by atoms with Gasteiger partial charge in [0.05, 0.1) is 5.41 Å². The lowest BCUT2D eigenvalue weighted by Gasteiger charge is -2.08. The molecule has 1 aliphatic carbocycles. The first kappa shape index (κ1) is 20.8. The molecular formula is C28H22N4OS. The molecule has 0 bridgehead atoms. The van der Waals surface area contributed by atoms with Gasteiger partial charge >= 0.3 is 0 Å². The largest absolute Gasteiger partial charge is 0.340 e. The standard InChI is InChI=1S/C28H22N4OS/c1-2-34-21-7-5-20(6-8-21)31-26-16-22-19(17-30-26)11-14-29-24(22)10-4-18-3-9-23-25(15-18)32-27(33)28(23)12-13-28/h3,5-9,11,14-17H,2,12-13H2,1H3,(H,30,31)(H,32,33). The first-order valence-corrected chi connectivity index (χ1v) is 12.4. The predicted octanol–water partition coefficient (Wildman–Crippen LogP) is 5.87. The SMILES string of the molecule is CCSc1ccc(Nc2cc3c(C#Cc4ccc5c(c4)NC(=O)C54CC4)nccc3cn2)cc1. The predicted molar refractivity (Wildman–Crippen MR) is 138 cm³/mol. The van der Waals surface area contributed by atoms with E-state index in [2.05, 4.69) is 63.6 Å². The second-order valence-electron chi connectivity index (χ2n) is 8.58. The van der Waals surface area contributed by atoms with E-state index >= 15 is 0 Å². The minimum Gasteiger partial charge on any atom is -0.340 e. The molecule has 1 aliphatic heterocycles. The third-order valence-electron chi connectivity index (χ3n) is 6.38. The Morgan fingerprint density at radius 2 is 1.91 bits per heavy atom. The van der Waals surface area contributed by atoms with Gasteiger partial charge in [-0.15, -0.1) is 11.8 Å². The summed E-state index contributed by atoms with van der Waals surface area (Å²) in [6.07, 6.45) is 5.46. The molecule has 2 aliphatic rings. The third kappa shape index (κ3) is 3.68. The van der Waals surface area contributed by atoms with Crippen molar-refractivity contribution in [1.82, 2.24) is 9.97 Å². The molecule has 2 aromatic carbocycles. The molecule has 5 nitrogen and oxygen atoms in total. The summed E-state index contributed by atoms with van der Waals surface area (Å²) >= 11 is 1.82. The molecule has 0 atom stereocenters. The second-order valence-corrected chi connectivity index (χ2v) is 9.92. The first-order chi connectivity index (χ1) is 16.6. The van der Waals surface area contributed by atoms with Gasteiger partial charge in [-0.25, -0.2) is 9.97 Å². The summed E-state index contributed by atoms with van der Waals surface area (Å²) in [6.45, 7) is 2.15. The van der Waals surface area contributed by atoms with Gasteiger partial charge in [0.25, 0.3) is 0 Å². The van der Waals surface area contributed by atoms with Crippen LogP contribution in [0.25, 0.3) is 10.8 Å². The molecule has 34 heavy (non-hydrogen) atoms. The maximum atomic E-state index is 12.3. The number of fused-ring (bicyclic) bond motifs is 3. The fourth-order valence-corrected chi connectivity index (χ4v) is 5.10. The van der Waals surface area contributed by atoms with Crippen molar-refractivity contribution in [2.45, 2.75) is 30.1 Å². The van der Waals surface area contributed by atoms with Crippen LogP contribution in [0.15, 0.2) is 71.9 Å². The molecule has 1 spiro atoms. The maximum Gasteiger partial charge on any atom is 0.235 e. The Labute approximate surface area is 202 Å². The summed E-state index contributed by atoms with van der Waals surface area (Å²) in [4.78, 5) is 22.6. The van der Waals surface area contributed by atoms with Gasteiger partial charge in [0.15, 0.2) is 0 Å². The molecule has 1 saturated carbocycles. The smallest absolute Gasteiger partial charge is 0.235 e. The molecule has 6 rings (SSSR count). The highest BCUT2D eigenvalue weighted by molar-refractivity contribution is 7.99. The molecule has 1 amide bonds. The van der Waals surface area contributed by atoms with E-state index in [4.69, 9.17) is 0 Å². The van der Waals surface area contributed by atoms with Crippen molar-refractivity contribution < 1.29 is 4.79 Å². The molecule has 166 valence electrons. The summed E-state index contributed by atoms with van der Waals surface area (Å²) in [5, 5.41) is 8.32. The summed E-state index contributed by atoms with van der Waals surface area (Å²) in [7, 11) is 0. The average molecular weight is 463 g/mol. The van der Waals surface area contributed by atoms with Crippen molar-refractivity contribution >= 4 is 45.6 Å². The van der Waals surface area contributed by atoms with Crippen LogP contribution in [0, 0.1) is 11.8 Å². The van der Waals surface area contributed by atoms with E-state index in [9.17, 15) is 4.79 Å². The van der Waals surface area contributed by atoms with Gasteiger partial charge in [0.2, 0.25) is 5.91 Å². The minimum absolute atomic E-state index is 0.120. The molecular weight excluding hydrogens is 440 g/mol. The number of rotatable bonds is 4. The normalized spacial score (nSPS) is 14.9. The highest BCUT2D eigenvalue weighted by atomic mass is 32.2. The van der Waals surface area contributed by atoms with Crippen molar-refractivity contribution in [1.29, 1.82) is 0 Å². The van der Waals surface area contributed by atoms with E-state index < -0.39 is 0 Å². The van der Waals surface area contributed by atoms with Crippen LogP contribution in [0.5, 0.6) is 0 Å². The molecule has 3 heterocycles. The molecule has 2 aromatic heterocycles. The van der Waals surface area contributed by atoms with Gasteiger partial charge in [0, 0.05) is 45.0 Å². The van der Waals surface area contributed by atoms with Crippen LogP contribution in [0.3, 0.4) is 0 Å². The Morgan fingerprint density at radius 3 is 2.71 bits per heavy atom. The number of benzene rings is 2. The number of hydrogen-bond acceptors (Lipinski definition) is 5. The van der Waals surface area contributed by atoms with E-state index in [1.54, 1.807) is 6.20 Å². The first-order valence-electron chi connectivity index (χ1n) is 11.4. The van der Waals surface area contributed by atoms with E-state index in [0.29, 0.717) is 5.69 Å². The number of thioether (sulfide) groups is 1. The maximum absolute atomic E-state index is 12.3. The van der Waals surface area contributed by atoms with Gasteiger partial charge in [-0.05, 0) is 78.6 Å². The number of carbonyl (C=O) groups excluding carboxylic acids is 1. The number of anilines is 3. The van der Waals surface area contributed by atoms with Crippen LogP contribution in [0.4, 0.5) is 17.2 Å². The van der Waals surface area contributed by atoms with E-state index in [1.807, 2.05) is 48.3 Å². The van der Waals surface area contributed by atoms with E-state index in [1.165, 1.54) is 4.90 Å². The number of hydrogen-bond donors (Lipinski definition) is 2. The molecule has 0 radical (unpaired) electrons. The topological polar surface area (TPSA) is 66.9 Å². The summed E-state index contributed by atoms with van der Waals surface area (Å²) < 4.78 is 0. The number of nitrogens with zero attached hydrogens (tertiary/aromatic N) is 2. The zero-order valence-electron chi connectivity index (χ0n) is 18.7. The zero-order chi connectivity index (χ0) is 23.1. The monoisotopic (exact) mass is 462 g/mol. The van der Waals surface area contributed by atoms with Gasteiger partial charge in [0.1, 0.15) is 11.5 Å². The molecule has 1 fully saturated rings. The molecule has 6 heteroatoms. The van der Waals surface area contributed by atoms with Crippen LogP contribution in [0.2, 0.25) is 0 Å².